The van der Waals surface area contributed by atoms with Crippen LogP contribution in [0.3, 0.4) is 0 Å². The van der Waals surface area contributed by atoms with Gasteiger partial charge in [0.2, 0.25) is 17.7 Å². The number of fused-ring (bicyclic) bond motifs is 1. The number of imide groups is 1. The number of carbonyl (C=O) groups is 3. The third kappa shape index (κ3) is 3.44. The Morgan fingerprint density at radius 1 is 1.21 bits per heavy atom. The molecule has 28 heavy (non-hydrogen) atoms. The molecule has 1 aromatic heterocycles. The normalized spacial score (nSPS) is 16.7. The van der Waals surface area contributed by atoms with Gasteiger partial charge in [-0.05, 0) is 48.9 Å². The van der Waals surface area contributed by atoms with Gasteiger partial charge in [-0.1, -0.05) is 0 Å². The zero-order chi connectivity index (χ0) is 19.7. The molecule has 1 unspecified atom stereocenters. The number of nitrogens with zero attached hydrogens (tertiary/aromatic N) is 1. The number of ether oxygens (including phenoxy) is 1. The minimum Gasteiger partial charge on any atom is -0.497 e. The Morgan fingerprint density at radius 2 is 2.00 bits per heavy atom. The number of methoxy groups -OCH3 is 1. The third-order valence-electron chi connectivity index (χ3n) is 4.53. The van der Waals surface area contributed by atoms with Crippen LogP contribution in [0.2, 0.25) is 0 Å². The summed E-state index contributed by atoms with van der Waals surface area (Å²) in [6.45, 7) is 0. The molecule has 1 aliphatic rings. The SMILES string of the molecule is COc1ccc(-c2nc3cc(C(=O)NC4CCC(=O)NC4=O)ccc3o2)cc1. The molecule has 8 heteroatoms. The number of piperidine rings is 1. The minimum absolute atomic E-state index is 0.199. The fraction of sp³-hybridized carbons (Fsp3) is 0.200. The summed E-state index contributed by atoms with van der Waals surface area (Å²) in [7, 11) is 1.59. The molecule has 4 rings (SSSR count). The zero-order valence-corrected chi connectivity index (χ0v) is 15.0. The molecule has 0 bridgehead atoms. The Balaban J connectivity index is 1.54. The second-order valence-electron chi connectivity index (χ2n) is 6.41. The van der Waals surface area contributed by atoms with Crippen LogP contribution in [0.5, 0.6) is 5.75 Å². The maximum Gasteiger partial charge on any atom is 0.252 e. The second kappa shape index (κ2) is 7.15. The topological polar surface area (TPSA) is 111 Å². The highest BCUT2D eigenvalue weighted by atomic mass is 16.5. The predicted octanol–water partition coefficient (Wildman–Crippen LogP) is 2.04. The summed E-state index contributed by atoms with van der Waals surface area (Å²) in [5.41, 5.74) is 2.21. The highest BCUT2D eigenvalue weighted by Gasteiger charge is 2.28. The van der Waals surface area contributed by atoms with Crippen LogP contribution in [0.15, 0.2) is 46.9 Å². The van der Waals surface area contributed by atoms with E-state index >= 15 is 0 Å². The van der Waals surface area contributed by atoms with E-state index in [1.807, 2.05) is 24.3 Å². The van der Waals surface area contributed by atoms with Crippen LogP contribution in [0.25, 0.3) is 22.6 Å². The van der Waals surface area contributed by atoms with Crippen molar-refractivity contribution in [2.75, 3.05) is 7.11 Å². The van der Waals surface area contributed by atoms with Crippen LogP contribution in [-0.2, 0) is 9.59 Å². The summed E-state index contributed by atoms with van der Waals surface area (Å²) in [6, 6.07) is 11.4. The first-order valence-electron chi connectivity index (χ1n) is 8.73. The molecule has 0 saturated carbocycles. The number of benzene rings is 2. The third-order valence-corrected chi connectivity index (χ3v) is 4.53. The van der Waals surface area contributed by atoms with Crippen molar-refractivity contribution in [2.45, 2.75) is 18.9 Å². The molecule has 2 heterocycles. The van der Waals surface area contributed by atoms with Gasteiger partial charge in [-0.15, -0.1) is 0 Å². The van der Waals surface area contributed by atoms with Crippen LogP contribution >= 0.6 is 0 Å². The molecule has 0 radical (unpaired) electrons. The number of aromatic nitrogens is 1. The zero-order valence-electron chi connectivity index (χ0n) is 15.0. The van der Waals surface area contributed by atoms with Crippen molar-refractivity contribution in [3.05, 3.63) is 48.0 Å². The van der Waals surface area contributed by atoms with Crippen molar-refractivity contribution in [1.82, 2.24) is 15.6 Å². The summed E-state index contributed by atoms with van der Waals surface area (Å²) in [5, 5.41) is 4.86. The van der Waals surface area contributed by atoms with Crippen LogP contribution < -0.4 is 15.4 Å². The van der Waals surface area contributed by atoms with E-state index in [9.17, 15) is 14.4 Å². The molecule has 1 saturated heterocycles. The lowest BCUT2D eigenvalue weighted by molar-refractivity contribution is -0.134. The summed E-state index contributed by atoms with van der Waals surface area (Å²) in [5.74, 6) is -0.0717. The molecule has 1 fully saturated rings. The molecule has 1 aliphatic heterocycles. The first kappa shape index (κ1) is 17.7. The number of oxazole rings is 1. The average Bonchev–Trinajstić information content (AvgIpc) is 3.13. The molecule has 2 aromatic carbocycles. The number of carbonyl (C=O) groups excluding carboxylic acids is 3. The molecule has 1 atom stereocenters. The molecule has 3 amide bonds. The van der Waals surface area contributed by atoms with E-state index in [4.69, 9.17) is 9.15 Å². The number of rotatable bonds is 4. The lowest BCUT2D eigenvalue weighted by Crippen LogP contribution is -2.52. The van der Waals surface area contributed by atoms with Crippen LogP contribution in [0.4, 0.5) is 0 Å². The minimum atomic E-state index is -0.729. The first-order chi connectivity index (χ1) is 13.5. The molecule has 142 valence electrons. The molecular formula is C20H17N3O5. The van der Waals surface area contributed by atoms with Gasteiger partial charge < -0.3 is 14.5 Å². The predicted molar refractivity (Wildman–Crippen MR) is 99.6 cm³/mol. The maximum absolute atomic E-state index is 12.5. The van der Waals surface area contributed by atoms with E-state index in [-0.39, 0.29) is 18.7 Å². The Kier molecular flexibility index (Phi) is 4.52. The van der Waals surface area contributed by atoms with Gasteiger partial charge >= 0.3 is 0 Å². The molecular weight excluding hydrogens is 362 g/mol. The van der Waals surface area contributed by atoms with Gasteiger partial charge in [0.1, 0.15) is 17.3 Å². The summed E-state index contributed by atoms with van der Waals surface area (Å²) < 4.78 is 10.9. The van der Waals surface area contributed by atoms with Crippen LogP contribution in [0, 0.1) is 0 Å². The van der Waals surface area contributed by atoms with Gasteiger partial charge in [0, 0.05) is 17.5 Å². The van der Waals surface area contributed by atoms with Gasteiger partial charge in [-0.3, -0.25) is 19.7 Å². The van der Waals surface area contributed by atoms with Crippen LogP contribution in [-0.4, -0.2) is 35.9 Å². The second-order valence-corrected chi connectivity index (χ2v) is 6.41. The quantitative estimate of drug-likeness (QED) is 0.671. The van der Waals surface area contributed by atoms with Crippen molar-refractivity contribution >= 4 is 28.8 Å². The highest BCUT2D eigenvalue weighted by molar-refractivity contribution is 6.04. The maximum atomic E-state index is 12.5. The summed E-state index contributed by atoms with van der Waals surface area (Å²) in [6.07, 6.45) is 0.481. The van der Waals surface area contributed by atoms with Gasteiger partial charge in [-0.25, -0.2) is 4.98 Å². The Morgan fingerprint density at radius 3 is 2.71 bits per heavy atom. The Hall–Kier alpha value is -3.68. The Bertz CT molecular complexity index is 1070. The summed E-state index contributed by atoms with van der Waals surface area (Å²) in [4.78, 5) is 39.9. The number of hydrogen-bond donors (Lipinski definition) is 2. The van der Waals surface area contributed by atoms with Gasteiger partial charge in [0.05, 0.1) is 7.11 Å². The van der Waals surface area contributed by atoms with Crippen molar-refractivity contribution in [3.8, 4) is 17.2 Å². The van der Waals surface area contributed by atoms with Gasteiger partial charge in [0.25, 0.3) is 5.91 Å². The molecule has 3 aromatic rings. The molecule has 0 spiro atoms. The van der Waals surface area contributed by atoms with E-state index in [0.717, 1.165) is 11.3 Å². The Labute approximate surface area is 159 Å². The largest absolute Gasteiger partial charge is 0.497 e. The van der Waals surface area contributed by atoms with Gasteiger partial charge in [0.15, 0.2) is 5.58 Å². The van der Waals surface area contributed by atoms with Gasteiger partial charge in [-0.2, -0.15) is 0 Å². The monoisotopic (exact) mass is 379 g/mol. The number of hydrogen-bond acceptors (Lipinski definition) is 6. The van der Waals surface area contributed by atoms with Crippen molar-refractivity contribution in [3.63, 3.8) is 0 Å². The number of amides is 3. The molecule has 2 N–H and O–H groups in total. The standard InChI is InChI=1S/C20H17N3O5/c1-27-13-5-2-11(3-6-13)20-22-15-10-12(4-8-16(15)28-20)18(25)21-14-7-9-17(24)23-19(14)26/h2-6,8,10,14H,7,9H2,1H3,(H,21,25)(H,23,24,26). The van der Waals surface area contributed by atoms with E-state index in [1.165, 1.54) is 0 Å². The van der Waals surface area contributed by atoms with Crippen molar-refractivity contribution < 1.29 is 23.5 Å². The smallest absolute Gasteiger partial charge is 0.252 e. The van der Waals surface area contributed by atoms with E-state index in [0.29, 0.717) is 22.6 Å². The highest BCUT2D eigenvalue weighted by Crippen LogP contribution is 2.26. The van der Waals surface area contributed by atoms with Crippen molar-refractivity contribution in [2.24, 2.45) is 0 Å². The van der Waals surface area contributed by atoms with E-state index in [1.54, 1.807) is 25.3 Å². The molecule has 8 nitrogen and oxygen atoms in total. The van der Waals surface area contributed by atoms with Crippen molar-refractivity contribution in [1.29, 1.82) is 0 Å². The van der Waals surface area contributed by atoms with Crippen LogP contribution in [0.1, 0.15) is 23.2 Å². The molecule has 0 aliphatic carbocycles. The summed E-state index contributed by atoms with van der Waals surface area (Å²) >= 11 is 0. The van der Waals surface area contributed by atoms with E-state index in [2.05, 4.69) is 15.6 Å². The first-order valence-corrected chi connectivity index (χ1v) is 8.73. The lowest BCUT2D eigenvalue weighted by atomic mass is 10.1. The fourth-order valence-corrected chi connectivity index (χ4v) is 3.00. The lowest BCUT2D eigenvalue weighted by Gasteiger charge is -2.21. The number of nitrogens with one attached hydrogen (secondary N) is 2. The van der Waals surface area contributed by atoms with E-state index < -0.39 is 17.9 Å². The fourth-order valence-electron chi connectivity index (χ4n) is 3.00. The average molecular weight is 379 g/mol.